The van der Waals surface area contributed by atoms with Gasteiger partial charge in [0.25, 0.3) is 6.43 Å². The minimum Gasteiger partial charge on any atom is -0.489 e. The molecule has 1 saturated heterocycles. The van der Waals surface area contributed by atoms with Crippen LogP contribution in [0.4, 0.5) is 8.78 Å². The molecule has 0 spiro atoms. The third kappa shape index (κ3) is 7.31. The predicted octanol–water partition coefficient (Wildman–Crippen LogP) is 4.12. The van der Waals surface area contributed by atoms with E-state index in [1.165, 1.54) is 6.08 Å². The van der Waals surface area contributed by atoms with Crippen LogP contribution in [0.15, 0.2) is 60.7 Å². The first-order chi connectivity index (χ1) is 14.1. The van der Waals surface area contributed by atoms with Gasteiger partial charge < -0.3 is 10.1 Å². The van der Waals surface area contributed by atoms with E-state index in [0.717, 1.165) is 16.9 Å². The average molecular weight is 400 g/mol. The normalized spacial score (nSPS) is 15.7. The molecular weight excluding hydrogens is 374 g/mol. The zero-order valence-corrected chi connectivity index (χ0v) is 16.3. The van der Waals surface area contributed by atoms with Gasteiger partial charge >= 0.3 is 0 Å². The molecule has 1 N–H and O–H groups in total. The number of benzene rings is 2. The molecular formula is C23H26F2N2O2. The average Bonchev–Trinajstić information content (AvgIpc) is 2.73. The quantitative estimate of drug-likeness (QED) is 0.678. The second-order valence-corrected chi connectivity index (χ2v) is 7.15. The van der Waals surface area contributed by atoms with Crippen LogP contribution in [0.3, 0.4) is 0 Å². The molecule has 4 nitrogen and oxygen atoms in total. The number of rotatable bonds is 8. The molecule has 29 heavy (non-hydrogen) atoms. The van der Waals surface area contributed by atoms with Gasteiger partial charge in [-0.05, 0) is 42.2 Å². The maximum absolute atomic E-state index is 12.4. The summed E-state index contributed by atoms with van der Waals surface area (Å²) in [6.45, 7) is 1.46. The molecule has 2 aromatic carbocycles. The van der Waals surface area contributed by atoms with E-state index in [0.29, 0.717) is 32.5 Å². The lowest BCUT2D eigenvalue weighted by atomic mass is 10.0. The van der Waals surface area contributed by atoms with E-state index in [-0.39, 0.29) is 18.5 Å². The van der Waals surface area contributed by atoms with Crippen molar-refractivity contribution >= 4 is 12.0 Å². The lowest BCUT2D eigenvalue weighted by Crippen LogP contribution is -2.45. The van der Waals surface area contributed by atoms with E-state index in [1.54, 1.807) is 11.0 Å². The Morgan fingerprint density at radius 2 is 1.90 bits per heavy atom. The van der Waals surface area contributed by atoms with Gasteiger partial charge in [0.05, 0.1) is 6.54 Å². The number of carbonyl (C=O) groups is 1. The zero-order valence-electron chi connectivity index (χ0n) is 16.3. The highest BCUT2D eigenvalue weighted by molar-refractivity contribution is 5.91. The highest BCUT2D eigenvalue weighted by atomic mass is 19.3. The summed E-state index contributed by atoms with van der Waals surface area (Å²) in [5.74, 6) is 0.565. The van der Waals surface area contributed by atoms with Crippen molar-refractivity contribution in [2.75, 3.05) is 19.6 Å². The van der Waals surface area contributed by atoms with Crippen molar-refractivity contribution in [3.05, 3.63) is 71.8 Å². The van der Waals surface area contributed by atoms with E-state index in [2.05, 4.69) is 5.32 Å². The van der Waals surface area contributed by atoms with Gasteiger partial charge in [0.1, 0.15) is 12.4 Å². The van der Waals surface area contributed by atoms with E-state index in [9.17, 15) is 13.6 Å². The first-order valence-electron chi connectivity index (χ1n) is 9.84. The lowest BCUT2D eigenvalue weighted by molar-refractivity contribution is -0.117. The van der Waals surface area contributed by atoms with Crippen molar-refractivity contribution in [1.82, 2.24) is 10.2 Å². The predicted molar refractivity (Wildman–Crippen MR) is 110 cm³/mol. The van der Waals surface area contributed by atoms with Crippen molar-refractivity contribution in [2.24, 2.45) is 0 Å². The van der Waals surface area contributed by atoms with Gasteiger partial charge in [-0.1, -0.05) is 42.5 Å². The number of halogens is 2. The number of alkyl halides is 2. The summed E-state index contributed by atoms with van der Waals surface area (Å²) >= 11 is 0. The van der Waals surface area contributed by atoms with Crippen LogP contribution in [0.25, 0.3) is 6.08 Å². The third-order valence-electron chi connectivity index (χ3n) is 4.86. The Morgan fingerprint density at radius 1 is 1.14 bits per heavy atom. The number of ether oxygens (including phenoxy) is 1. The fraction of sp³-hybridized carbons (Fsp3) is 0.348. The maximum Gasteiger partial charge on any atom is 0.251 e. The number of hydrogen-bond acceptors (Lipinski definition) is 3. The minimum atomic E-state index is -2.31. The highest BCUT2D eigenvalue weighted by Crippen LogP contribution is 2.16. The molecule has 3 rings (SSSR count). The summed E-state index contributed by atoms with van der Waals surface area (Å²) in [7, 11) is 0. The molecule has 0 aliphatic carbocycles. The molecule has 0 aromatic heterocycles. The summed E-state index contributed by atoms with van der Waals surface area (Å²) in [6.07, 6.45) is 2.32. The van der Waals surface area contributed by atoms with E-state index in [1.807, 2.05) is 54.6 Å². The molecule has 1 aliphatic heterocycles. The van der Waals surface area contributed by atoms with Crippen LogP contribution >= 0.6 is 0 Å². The Labute approximate surface area is 170 Å². The van der Waals surface area contributed by atoms with Crippen LogP contribution in [0.2, 0.25) is 0 Å². The first kappa shape index (κ1) is 21.0. The molecule has 0 unspecified atom stereocenters. The van der Waals surface area contributed by atoms with Crippen molar-refractivity contribution in [1.29, 1.82) is 0 Å². The molecule has 2 aromatic rings. The van der Waals surface area contributed by atoms with E-state index < -0.39 is 6.43 Å². The van der Waals surface area contributed by atoms with Gasteiger partial charge in [0.2, 0.25) is 5.91 Å². The van der Waals surface area contributed by atoms with Gasteiger partial charge in [0, 0.05) is 25.2 Å². The summed E-state index contributed by atoms with van der Waals surface area (Å²) in [6, 6.07) is 17.5. The van der Waals surface area contributed by atoms with Crippen LogP contribution in [-0.2, 0) is 11.4 Å². The van der Waals surface area contributed by atoms with Gasteiger partial charge in [-0.15, -0.1) is 0 Å². The van der Waals surface area contributed by atoms with Crippen LogP contribution in [0.1, 0.15) is 24.0 Å². The SMILES string of the molecule is O=C(/C=C/c1cccc(OCc2ccccc2)c1)NC1CCN(CC(F)F)CC1. The molecule has 1 aliphatic rings. The highest BCUT2D eigenvalue weighted by Gasteiger charge is 2.21. The Kier molecular flexibility index (Phi) is 7.76. The summed E-state index contributed by atoms with van der Waals surface area (Å²) in [5.41, 5.74) is 1.96. The van der Waals surface area contributed by atoms with Crippen LogP contribution in [0, 0.1) is 0 Å². The first-order valence-corrected chi connectivity index (χ1v) is 9.84. The molecule has 0 radical (unpaired) electrons. The molecule has 1 fully saturated rings. The van der Waals surface area contributed by atoms with Gasteiger partial charge in [-0.3, -0.25) is 9.69 Å². The Morgan fingerprint density at radius 3 is 2.62 bits per heavy atom. The molecule has 154 valence electrons. The zero-order chi connectivity index (χ0) is 20.5. The number of likely N-dealkylation sites (tertiary alicyclic amines) is 1. The van der Waals surface area contributed by atoms with Crippen molar-refractivity contribution < 1.29 is 18.3 Å². The summed E-state index contributed by atoms with van der Waals surface area (Å²) in [5, 5.41) is 2.95. The Bertz CT molecular complexity index is 804. The molecule has 0 bridgehead atoms. The topological polar surface area (TPSA) is 41.6 Å². The van der Waals surface area contributed by atoms with Gasteiger partial charge in [-0.25, -0.2) is 8.78 Å². The van der Waals surface area contributed by atoms with Crippen LogP contribution < -0.4 is 10.1 Å². The summed E-state index contributed by atoms with van der Waals surface area (Å²) in [4.78, 5) is 13.9. The number of hydrogen-bond donors (Lipinski definition) is 1. The molecule has 1 heterocycles. The van der Waals surface area contributed by atoms with Crippen molar-refractivity contribution in [3.8, 4) is 5.75 Å². The summed E-state index contributed by atoms with van der Waals surface area (Å²) < 4.78 is 30.6. The molecule has 1 amide bonds. The van der Waals surface area contributed by atoms with Crippen molar-refractivity contribution in [2.45, 2.75) is 31.9 Å². The maximum atomic E-state index is 12.4. The Balaban J connectivity index is 1.45. The van der Waals surface area contributed by atoms with Gasteiger partial charge in [0.15, 0.2) is 0 Å². The van der Waals surface area contributed by atoms with E-state index in [4.69, 9.17) is 4.74 Å². The smallest absolute Gasteiger partial charge is 0.251 e. The van der Waals surface area contributed by atoms with Crippen LogP contribution in [0.5, 0.6) is 5.75 Å². The Hall–Kier alpha value is -2.73. The molecule has 6 heteroatoms. The van der Waals surface area contributed by atoms with Gasteiger partial charge in [-0.2, -0.15) is 0 Å². The number of amides is 1. The third-order valence-corrected chi connectivity index (χ3v) is 4.86. The largest absolute Gasteiger partial charge is 0.489 e. The molecule has 0 saturated carbocycles. The standard InChI is InChI=1S/C23H26F2N2O2/c24-22(25)16-27-13-11-20(12-14-27)26-23(28)10-9-18-7-4-8-21(15-18)29-17-19-5-2-1-3-6-19/h1-10,15,20,22H,11-14,16-17H2,(H,26,28)/b10-9+. The number of piperidine rings is 1. The second kappa shape index (κ2) is 10.7. The van der Waals surface area contributed by atoms with Crippen molar-refractivity contribution in [3.63, 3.8) is 0 Å². The molecule has 0 atom stereocenters. The monoisotopic (exact) mass is 400 g/mol. The van der Waals surface area contributed by atoms with E-state index >= 15 is 0 Å². The lowest BCUT2D eigenvalue weighted by Gasteiger charge is -2.31. The number of nitrogens with one attached hydrogen (secondary N) is 1. The fourth-order valence-electron chi connectivity index (χ4n) is 3.33. The second-order valence-electron chi connectivity index (χ2n) is 7.15. The van der Waals surface area contributed by atoms with Crippen LogP contribution in [-0.4, -0.2) is 42.9 Å². The fourth-order valence-corrected chi connectivity index (χ4v) is 3.33. The minimum absolute atomic E-state index is 0.0293. The number of nitrogens with zero attached hydrogens (tertiary/aromatic N) is 1. The number of carbonyl (C=O) groups excluding carboxylic acids is 1.